The average molecular weight is 387 g/mol. The summed E-state index contributed by atoms with van der Waals surface area (Å²) in [5, 5.41) is 8.01. The predicted molar refractivity (Wildman–Crippen MR) is 94.0 cm³/mol. The van der Waals surface area contributed by atoms with Gasteiger partial charge in [0.05, 0.1) is 24.3 Å². The molecule has 1 aromatic heterocycles. The van der Waals surface area contributed by atoms with Crippen LogP contribution in [0.2, 0.25) is 0 Å². The number of halogens is 3. The van der Waals surface area contributed by atoms with Gasteiger partial charge in [-0.05, 0) is 12.1 Å². The van der Waals surface area contributed by atoms with E-state index in [4.69, 9.17) is 4.74 Å². The van der Waals surface area contributed by atoms with Crippen LogP contribution in [0.3, 0.4) is 0 Å². The van der Waals surface area contributed by atoms with Crippen LogP contribution in [0.4, 0.5) is 13.2 Å². The van der Waals surface area contributed by atoms with E-state index in [0.29, 0.717) is 42.5 Å². The molecule has 1 aromatic carbocycles. The first-order valence-corrected chi connectivity index (χ1v) is 8.86. The van der Waals surface area contributed by atoms with Gasteiger partial charge in [0, 0.05) is 37.7 Å². The molecule has 2 aromatic rings. The number of benzene rings is 1. The van der Waals surface area contributed by atoms with Gasteiger partial charge < -0.3 is 15.4 Å². The van der Waals surface area contributed by atoms with Gasteiger partial charge >= 0.3 is 6.18 Å². The van der Waals surface area contributed by atoms with E-state index in [0.717, 1.165) is 12.1 Å². The van der Waals surface area contributed by atoms with Crippen molar-refractivity contribution in [2.75, 3.05) is 33.4 Å². The average Bonchev–Trinajstić information content (AvgIpc) is 3.06. The van der Waals surface area contributed by atoms with Crippen molar-refractivity contribution in [2.24, 2.45) is 0 Å². The third-order valence-electron chi connectivity index (χ3n) is 3.44. The molecule has 142 valence electrons. The van der Waals surface area contributed by atoms with Gasteiger partial charge in [0.25, 0.3) is 0 Å². The normalized spacial score (nSPS) is 11.5. The van der Waals surface area contributed by atoms with E-state index >= 15 is 0 Å². The number of alkyl halides is 3. The van der Waals surface area contributed by atoms with Crippen molar-refractivity contribution in [1.29, 1.82) is 0 Å². The molecule has 9 heteroatoms. The highest BCUT2D eigenvalue weighted by molar-refractivity contribution is 7.13. The number of carbonyl (C=O) groups is 1. The van der Waals surface area contributed by atoms with Crippen LogP contribution in [0, 0.1) is 0 Å². The first kappa shape index (κ1) is 20.3. The molecule has 0 unspecified atom stereocenters. The zero-order chi connectivity index (χ0) is 19.0. The van der Waals surface area contributed by atoms with E-state index in [-0.39, 0.29) is 12.3 Å². The molecule has 1 amide bonds. The minimum Gasteiger partial charge on any atom is -0.383 e. The maximum atomic E-state index is 12.8. The molecule has 5 nitrogen and oxygen atoms in total. The molecule has 0 saturated heterocycles. The Morgan fingerprint density at radius 2 is 2.08 bits per heavy atom. The number of hydrogen-bond acceptors (Lipinski definition) is 5. The number of nitrogens with zero attached hydrogens (tertiary/aromatic N) is 1. The Kier molecular flexibility index (Phi) is 7.55. The highest BCUT2D eigenvalue weighted by Gasteiger charge is 2.30. The monoisotopic (exact) mass is 387 g/mol. The molecule has 2 N–H and O–H groups in total. The number of thiazole rings is 1. The summed E-state index contributed by atoms with van der Waals surface area (Å²) in [6, 6.07) is 5.01. The molecule has 26 heavy (non-hydrogen) atoms. The van der Waals surface area contributed by atoms with Gasteiger partial charge in [-0.25, -0.2) is 4.98 Å². The highest BCUT2D eigenvalue weighted by atomic mass is 32.1. The summed E-state index contributed by atoms with van der Waals surface area (Å²) in [4.78, 5) is 16.2. The van der Waals surface area contributed by atoms with Crippen LogP contribution in [-0.4, -0.2) is 44.2 Å². The molecule has 0 aliphatic carbocycles. The van der Waals surface area contributed by atoms with Crippen LogP contribution >= 0.6 is 11.3 Å². The summed E-state index contributed by atoms with van der Waals surface area (Å²) in [5.74, 6) is -0.181. The van der Waals surface area contributed by atoms with Crippen molar-refractivity contribution in [1.82, 2.24) is 15.6 Å². The predicted octanol–water partition coefficient (Wildman–Crippen LogP) is 2.72. The number of methoxy groups -OCH3 is 1. The lowest BCUT2D eigenvalue weighted by atomic mass is 10.1. The number of rotatable bonds is 9. The van der Waals surface area contributed by atoms with Crippen molar-refractivity contribution in [3.63, 3.8) is 0 Å². The third-order valence-corrected chi connectivity index (χ3v) is 4.38. The number of nitrogens with one attached hydrogen (secondary N) is 2. The lowest BCUT2D eigenvalue weighted by Crippen LogP contribution is -2.33. The number of ether oxygens (including phenoxy) is 1. The van der Waals surface area contributed by atoms with E-state index in [1.807, 2.05) is 0 Å². The van der Waals surface area contributed by atoms with Gasteiger partial charge in [-0.3, -0.25) is 4.79 Å². The summed E-state index contributed by atoms with van der Waals surface area (Å²) in [6.07, 6.45) is -4.30. The van der Waals surface area contributed by atoms with E-state index in [1.165, 1.54) is 17.4 Å². The van der Waals surface area contributed by atoms with E-state index in [2.05, 4.69) is 15.6 Å². The fourth-order valence-electron chi connectivity index (χ4n) is 2.17. The molecular weight excluding hydrogens is 367 g/mol. The first-order valence-electron chi connectivity index (χ1n) is 7.98. The Labute approximate surface area is 153 Å². The topological polar surface area (TPSA) is 63.2 Å². The summed E-state index contributed by atoms with van der Waals surface area (Å²) in [7, 11) is 1.62. The van der Waals surface area contributed by atoms with Crippen LogP contribution in [0.5, 0.6) is 0 Å². The molecule has 0 spiro atoms. The Bertz CT molecular complexity index is 719. The molecule has 2 rings (SSSR count). The zero-order valence-corrected chi connectivity index (χ0v) is 15.0. The first-order chi connectivity index (χ1) is 12.4. The van der Waals surface area contributed by atoms with E-state index in [9.17, 15) is 18.0 Å². The van der Waals surface area contributed by atoms with Gasteiger partial charge in [0.1, 0.15) is 5.01 Å². The molecular formula is C17H20F3N3O2S. The molecule has 0 atom stereocenters. The van der Waals surface area contributed by atoms with Crippen LogP contribution in [-0.2, 0) is 22.1 Å². The van der Waals surface area contributed by atoms with E-state index < -0.39 is 11.7 Å². The SMILES string of the molecule is COCCNCCNC(=O)Cc1csc(-c2cccc(C(F)(F)F)c2)n1. The largest absolute Gasteiger partial charge is 0.416 e. The Morgan fingerprint density at radius 1 is 1.27 bits per heavy atom. The fraction of sp³-hybridized carbons (Fsp3) is 0.412. The van der Waals surface area contributed by atoms with Gasteiger partial charge in [0.2, 0.25) is 5.91 Å². The maximum absolute atomic E-state index is 12.8. The van der Waals surface area contributed by atoms with Crippen molar-refractivity contribution in [3.05, 3.63) is 40.9 Å². The fourth-order valence-corrected chi connectivity index (χ4v) is 2.98. The maximum Gasteiger partial charge on any atom is 0.416 e. The van der Waals surface area contributed by atoms with Crippen LogP contribution in [0.1, 0.15) is 11.3 Å². The van der Waals surface area contributed by atoms with Crippen molar-refractivity contribution in [3.8, 4) is 10.6 Å². The second-order valence-electron chi connectivity index (χ2n) is 5.49. The molecule has 1 heterocycles. The Balaban J connectivity index is 1.87. The molecule has 0 saturated carbocycles. The second kappa shape index (κ2) is 9.65. The van der Waals surface area contributed by atoms with E-state index in [1.54, 1.807) is 18.6 Å². The summed E-state index contributed by atoms with van der Waals surface area (Å²) in [6.45, 7) is 2.42. The highest BCUT2D eigenvalue weighted by Crippen LogP contribution is 2.33. The number of carbonyl (C=O) groups excluding carboxylic acids is 1. The van der Waals surface area contributed by atoms with Gasteiger partial charge in [-0.1, -0.05) is 12.1 Å². The quantitative estimate of drug-likeness (QED) is 0.650. The molecule has 0 aliphatic heterocycles. The summed E-state index contributed by atoms with van der Waals surface area (Å²) >= 11 is 1.22. The minimum absolute atomic E-state index is 0.0908. The standard InChI is InChI=1S/C17H20F3N3O2S/c1-25-8-7-21-5-6-22-15(24)10-14-11-26-16(23-14)12-3-2-4-13(9-12)17(18,19)20/h2-4,9,11,21H,5-8,10H2,1H3,(H,22,24). The van der Waals surface area contributed by atoms with Crippen LogP contribution in [0.15, 0.2) is 29.6 Å². The molecule has 0 bridgehead atoms. The third kappa shape index (κ3) is 6.40. The van der Waals surface area contributed by atoms with Crippen LogP contribution in [0.25, 0.3) is 10.6 Å². The van der Waals surface area contributed by atoms with Gasteiger partial charge in [0.15, 0.2) is 0 Å². The van der Waals surface area contributed by atoms with Crippen molar-refractivity contribution < 1.29 is 22.7 Å². The lowest BCUT2D eigenvalue weighted by Gasteiger charge is -2.07. The second-order valence-corrected chi connectivity index (χ2v) is 6.35. The lowest BCUT2D eigenvalue weighted by molar-refractivity contribution is -0.137. The van der Waals surface area contributed by atoms with Crippen molar-refractivity contribution in [2.45, 2.75) is 12.6 Å². The number of amides is 1. The smallest absolute Gasteiger partial charge is 0.383 e. The summed E-state index contributed by atoms with van der Waals surface area (Å²) in [5.41, 5.74) is 0.205. The number of hydrogen-bond donors (Lipinski definition) is 2. The Morgan fingerprint density at radius 3 is 2.81 bits per heavy atom. The van der Waals surface area contributed by atoms with Crippen LogP contribution < -0.4 is 10.6 Å². The summed E-state index contributed by atoms with van der Waals surface area (Å²) < 4.78 is 43.3. The minimum atomic E-state index is -4.40. The zero-order valence-electron chi connectivity index (χ0n) is 14.2. The van der Waals surface area contributed by atoms with Gasteiger partial charge in [-0.2, -0.15) is 13.2 Å². The number of aromatic nitrogens is 1. The van der Waals surface area contributed by atoms with Crippen molar-refractivity contribution >= 4 is 17.2 Å². The molecule has 0 radical (unpaired) electrons. The Hall–Kier alpha value is -1.97. The van der Waals surface area contributed by atoms with Gasteiger partial charge in [-0.15, -0.1) is 11.3 Å². The molecule has 0 aliphatic rings. The molecule has 0 fully saturated rings.